The SMILES string of the molecule is CCCCCCCCCNC(=O)/C=C/c1cccc(Cl)c1. The molecule has 0 aliphatic rings. The highest BCUT2D eigenvalue weighted by molar-refractivity contribution is 6.30. The number of benzene rings is 1. The zero-order chi connectivity index (χ0) is 15.3. The van der Waals surface area contributed by atoms with Crippen molar-refractivity contribution >= 4 is 23.6 Å². The molecule has 1 aromatic carbocycles. The van der Waals surface area contributed by atoms with E-state index in [4.69, 9.17) is 11.6 Å². The van der Waals surface area contributed by atoms with E-state index in [-0.39, 0.29) is 5.91 Å². The lowest BCUT2D eigenvalue weighted by Crippen LogP contribution is -2.21. The maximum atomic E-state index is 11.6. The Morgan fingerprint density at radius 1 is 1.14 bits per heavy atom. The third-order valence-corrected chi connectivity index (χ3v) is 3.59. The number of hydrogen-bond donors (Lipinski definition) is 1. The molecule has 1 N–H and O–H groups in total. The van der Waals surface area contributed by atoms with Crippen LogP contribution in [-0.4, -0.2) is 12.5 Å². The Morgan fingerprint density at radius 3 is 2.57 bits per heavy atom. The van der Waals surface area contributed by atoms with Gasteiger partial charge in [-0.2, -0.15) is 0 Å². The van der Waals surface area contributed by atoms with Crippen LogP contribution >= 0.6 is 11.6 Å². The van der Waals surface area contributed by atoms with Crippen LogP contribution in [0.2, 0.25) is 5.02 Å². The second kappa shape index (κ2) is 11.4. The molecule has 0 fully saturated rings. The van der Waals surface area contributed by atoms with Gasteiger partial charge in [0.15, 0.2) is 0 Å². The number of carbonyl (C=O) groups excluding carboxylic acids is 1. The maximum Gasteiger partial charge on any atom is 0.243 e. The van der Waals surface area contributed by atoms with Gasteiger partial charge in [-0.05, 0) is 30.2 Å². The number of rotatable bonds is 10. The molecule has 0 saturated heterocycles. The number of halogens is 1. The van der Waals surface area contributed by atoms with Crippen LogP contribution in [0.25, 0.3) is 6.08 Å². The van der Waals surface area contributed by atoms with E-state index >= 15 is 0 Å². The van der Waals surface area contributed by atoms with Crippen molar-refractivity contribution in [3.8, 4) is 0 Å². The Hall–Kier alpha value is -1.28. The summed E-state index contributed by atoms with van der Waals surface area (Å²) >= 11 is 5.89. The minimum atomic E-state index is -0.0408. The van der Waals surface area contributed by atoms with Crippen molar-refractivity contribution in [2.45, 2.75) is 51.9 Å². The molecule has 2 nitrogen and oxygen atoms in total. The summed E-state index contributed by atoms with van der Waals surface area (Å²) in [4.78, 5) is 11.6. The Labute approximate surface area is 133 Å². The van der Waals surface area contributed by atoms with Gasteiger partial charge in [0.2, 0.25) is 5.91 Å². The van der Waals surface area contributed by atoms with Crippen LogP contribution in [0.3, 0.4) is 0 Å². The normalized spacial score (nSPS) is 11.0. The molecule has 0 spiro atoms. The predicted molar refractivity (Wildman–Crippen MR) is 91.5 cm³/mol. The number of carbonyl (C=O) groups is 1. The molecule has 0 aromatic heterocycles. The van der Waals surface area contributed by atoms with Crippen molar-refractivity contribution < 1.29 is 4.79 Å². The van der Waals surface area contributed by atoms with Crippen molar-refractivity contribution in [1.29, 1.82) is 0 Å². The Kier molecular flexibility index (Phi) is 9.64. The zero-order valence-corrected chi connectivity index (χ0v) is 13.7. The standard InChI is InChI=1S/C18H26ClNO/c1-2-3-4-5-6-7-8-14-20-18(21)13-12-16-10-9-11-17(19)15-16/h9-13,15H,2-8,14H2,1H3,(H,20,21)/b13-12+. The lowest BCUT2D eigenvalue weighted by molar-refractivity contribution is -0.116. The van der Waals surface area contributed by atoms with E-state index < -0.39 is 0 Å². The third kappa shape index (κ3) is 9.30. The fraction of sp³-hybridized carbons (Fsp3) is 0.500. The molecule has 0 unspecified atom stereocenters. The number of amides is 1. The van der Waals surface area contributed by atoms with Gasteiger partial charge in [-0.3, -0.25) is 4.79 Å². The minimum absolute atomic E-state index is 0.0408. The molecular formula is C18H26ClNO. The largest absolute Gasteiger partial charge is 0.353 e. The summed E-state index contributed by atoms with van der Waals surface area (Å²) in [6.45, 7) is 2.99. The van der Waals surface area contributed by atoms with Crippen LogP contribution in [0.1, 0.15) is 57.4 Å². The van der Waals surface area contributed by atoms with E-state index in [9.17, 15) is 4.79 Å². The summed E-state index contributed by atoms with van der Waals surface area (Å²) in [5, 5.41) is 3.59. The summed E-state index contributed by atoms with van der Waals surface area (Å²) in [5.41, 5.74) is 0.938. The highest BCUT2D eigenvalue weighted by Gasteiger charge is 1.96. The number of nitrogens with one attached hydrogen (secondary N) is 1. The highest BCUT2D eigenvalue weighted by Crippen LogP contribution is 2.11. The van der Waals surface area contributed by atoms with Crippen molar-refractivity contribution in [2.24, 2.45) is 0 Å². The minimum Gasteiger partial charge on any atom is -0.353 e. The van der Waals surface area contributed by atoms with Gasteiger partial charge in [-0.1, -0.05) is 69.2 Å². The van der Waals surface area contributed by atoms with Gasteiger partial charge < -0.3 is 5.32 Å². The van der Waals surface area contributed by atoms with E-state index in [1.165, 1.54) is 38.5 Å². The number of unbranched alkanes of at least 4 members (excludes halogenated alkanes) is 6. The lowest BCUT2D eigenvalue weighted by atomic mass is 10.1. The van der Waals surface area contributed by atoms with E-state index in [0.717, 1.165) is 18.5 Å². The second-order valence-electron chi connectivity index (χ2n) is 5.30. The van der Waals surface area contributed by atoms with Crippen molar-refractivity contribution in [1.82, 2.24) is 5.32 Å². The fourth-order valence-electron chi connectivity index (χ4n) is 2.13. The monoisotopic (exact) mass is 307 g/mol. The fourth-order valence-corrected chi connectivity index (χ4v) is 2.33. The summed E-state index contributed by atoms with van der Waals surface area (Å²) in [6.07, 6.45) is 12.2. The first-order valence-corrected chi connectivity index (χ1v) is 8.31. The second-order valence-corrected chi connectivity index (χ2v) is 5.74. The average Bonchev–Trinajstić information content (AvgIpc) is 2.48. The van der Waals surface area contributed by atoms with Gasteiger partial charge in [0.1, 0.15) is 0 Å². The smallest absolute Gasteiger partial charge is 0.243 e. The Morgan fingerprint density at radius 2 is 1.86 bits per heavy atom. The molecule has 0 atom stereocenters. The first-order chi connectivity index (χ1) is 10.2. The molecule has 3 heteroatoms. The Balaban J connectivity index is 2.09. The maximum absolute atomic E-state index is 11.6. The van der Waals surface area contributed by atoms with Crippen LogP contribution in [0.15, 0.2) is 30.3 Å². The first kappa shape index (κ1) is 17.8. The van der Waals surface area contributed by atoms with Gasteiger partial charge >= 0.3 is 0 Å². The molecule has 0 aliphatic carbocycles. The topological polar surface area (TPSA) is 29.1 Å². The van der Waals surface area contributed by atoms with Crippen LogP contribution < -0.4 is 5.32 Å². The van der Waals surface area contributed by atoms with Gasteiger partial charge in [0.25, 0.3) is 0 Å². The molecular weight excluding hydrogens is 282 g/mol. The summed E-state index contributed by atoms with van der Waals surface area (Å²) in [6, 6.07) is 7.45. The molecule has 0 aliphatic heterocycles. The summed E-state index contributed by atoms with van der Waals surface area (Å²) in [7, 11) is 0. The molecule has 0 saturated carbocycles. The van der Waals surface area contributed by atoms with Crippen LogP contribution in [0.5, 0.6) is 0 Å². The lowest BCUT2D eigenvalue weighted by Gasteiger charge is -2.02. The highest BCUT2D eigenvalue weighted by atomic mass is 35.5. The van der Waals surface area contributed by atoms with E-state index in [1.54, 1.807) is 12.2 Å². The van der Waals surface area contributed by atoms with Crippen LogP contribution in [-0.2, 0) is 4.79 Å². The van der Waals surface area contributed by atoms with Crippen molar-refractivity contribution in [3.63, 3.8) is 0 Å². The summed E-state index contributed by atoms with van der Waals surface area (Å²) < 4.78 is 0. The van der Waals surface area contributed by atoms with Gasteiger partial charge in [-0.25, -0.2) is 0 Å². The molecule has 0 heterocycles. The third-order valence-electron chi connectivity index (χ3n) is 3.36. The van der Waals surface area contributed by atoms with Crippen LogP contribution in [0, 0.1) is 0 Å². The van der Waals surface area contributed by atoms with E-state index in [2.05, 4.69) is 12.2 Å². The first-order valence-electron chi connectivity index (χ1n) is 7.94. The zero-order valence-electron chi connectivity index (χ0n) is 12.9. The predicted octanol–water partition coefficient (Wildman–Crippen LogP) is 5.22. The molecule has 21 heavy (non-hydrogen) atoms. The van der Waals surface area contributed by atoms with Gasteiger partial charge in [0, 0.05) is 17.6 Å². The number of hydrogen-bond acceptors (Lipinski definition) is 1. The molecule has 1 aromatic rings. The molecule has 0 radical (unpaired) electrons. The Bertz CT molecular complexity index is 443. The molecule has 116 valence electrons. The molecule has 1 amide bonds. The summed E-state index contributed by atoms with van der Waals surface area (Å²) in [5.74, 6) is -0.0408. The van der Waals surface area contributed by atoms with E-state index in [0.29, 0.717) is 5.02 Å². The van der Waals surface area contributed by atoms with Gasteiger partial charge in [-0.15, -0.1) is 0 Å². The average molecular weight is 308 g/mol. The van der Waals surface area contributed by atoms with Crippen LogP contribution in [0.4, 0.5) is 0 Å². The van der Waals surface area contributed by atoms with Crippen molar-refractivity contribution in [3.05, 3.63) is 40.9 Å². The quantitative estimate of drug-likeness (QED) is 0.466. The van der Waals surface area contributed by atoms with E-state index in [1.807, 2.05) is 24.3 Å². The van der Waals surface area contributed by atoms with Gasteiger partial charge in [0.05, 0.1) is 0 Å². The molecule has 0 bridgehead atoms. The van der Waals surface area contributed by atoms with Crippen molar-refractivity contribution in [2.75, 3.05) is 6.54 Å². The molecule has 1 rings (SSSR count).